The molecule has 0 fully saturated rings. The molecule has 0 saturated carbocycles. The average Bonchev–Trinajstić information content (AvgIpc) is 3.26. The average molecular weight is 460 g/mol. The van der Waals surface area contributed by atoms with Crippen molar-refractivity contribution in [3.05, 3.63) is 101 Å². The van der Waals surface area contributed by atoms with Crippen LogP contribution in [0.2, 0.25) is 5.02 Å². The number of hydrogen-bond acceptors (Lipinski definition) is 5. The lowest BCUT2D eigenvalue weighted by atomic mass is 9.93. The molecule has 8 heteroatoms. The highest BCUT2D eigenvalue weighted by Crippen LogP contribution is 2.38. The van der Waals surface area contributed by atoms with E-state index in [4.69, 9.17) is 16.3 Å². The smallest absolute Gasteiger partial charge is 0.264 e. The summed E-state index contributed by atoms with van der Waals surface area (Å²) in [7, 11) is 0. The summed E-state index contributed by atoms with van der Waals surface area (Å²) < 4.78 is 7.34. The van der Waals surface area contributed by atoms with Gasteiger partial charge in [0, 0.05) is 5.02 Å². The lowest BCUT2D eigenvalue weighted by molar-refractivity contribution is -0.118. The van der Waals surface area contributed by atoms with Gasteiger partial charge in [0.05, 0.1) is 12.1 Å². The van der Waals surface area contributed by atoms with Gasteiger partial charge in [-0.15, -0.1) is 5.10 Å². The number of hydrogen-bond donors (Lipinski definition) is 2. The van der Waals surface area contributed by atoms with Gasteiger partial charge in [0.25, 0.3) is 11.9 Å². The largest absolute Gasteiger partial charge is 0.484 e. The maximum Gasteiger partial charge on any atom is 0.264 e. The van der Waals surface area contributed by atoms with E-state index in [9.17, 15) is 4.79 Å². The Morgan fingerprint density at radius 1 is 1.00 bits per heavy atom. The first kappa shape index (κ1) is 21.0. The van der Waals surface area contributed by atoms with Crippen molar-refractivity contribution in [1.29, 1.82) is 0 Å². The maximum atomic E-state index is 12.4. The van der Waals surface area contributed by atoms with Crippen LogP contribution in [0.15, 0.2) is 84.9 Å². The second kappa shape index (κ2) is 9.34. The predicted octanol–water partition coefficient (Wildman–Crippen LogP) is 5.10. The number of carbonyl (C=O) groups is 1. The molecule has 33 heavy (non-hydrogen) atoms. The van der Waals surface area contributed by atoms with E-state index in [0.29, 0.717) is 16.7 Å². The summed E-state index contributed by atoms with van der Waals surface area (Å²) >= 11 is 6.08. The normalized spacial score (nSPS) is 17.0. The Kier molecular flexibility index (Phi) is 5.95. The molecular formula is C25H22ClN5O2. The van der Waals surface area contributed by atoms with Crippen LogP contribution in [0.3, 0.4) is 0 Å². The van der Waals surface area contributed by atoms with Gasteiger partial charge < -0.3 is 10.1 Å². The Morgan fingerprint density at radius 2 is 1.70 bits per heavy atom. The van der Waals surface area contributed by atoms with E-state index in [2.05, 4.69) is 32.8 Å². The minimum absolute atomic E-state index is 0.0224. The van der Waals surface area contributed by atoms with Crippen LogP contribution in [0, 0.1) is 0 Å². The van der Waals surface area contributed by atoms with Crippen molar-refractivity contribution in [1.82, 2.24) is 14.8 Å². The third-order valence-corrected chi connectivity index (χ3v) is 5.76. The molecule has 7 nitrogen and oxygen atoms in total. The van der Waals surface area contributed by atoms with Crippen molar-refractivity contribution in [3.8, 4) is 5.75 Å². The molecule has 0 saturated heterocycles. The zero-order chi connectivity index (χ0) is 22.6. The van der Waals surface area contributed by atoms with Gasteiger partial charge in [-0.2, -0.15) is 4.98 Å². The summed E-state index contributed by atoms with van der Waals surface area (Å²) in [5.41, 5.74) is 2.23. The third kappa shape index (κ3) is 4.83. The van der Waals surface area contributed by atoms with E-state index < -0.39 is 0 Å². The number of aromatic nitrogens is 3. The molecule has 5 rings (SSSR count). The van der Waals surface area contributed by atoms with E-state index >= 15 is 0 Å². The van der Waals surface area contributed by atoms with Crippen molar-refractivity contribution in [3.63, 3.8) is 0 Å². The van der Waals surface area contributed by atoms with Gasteiger partial charge in [0.1, 0.15) is 5.75 Å². The van der Waals surface area contributed by atoms with E-state index in [-0.39, 0.29) is 30.5 Å². The molecule has 3 aromatic carbocycles. The number of halogens is 1. The molecular weight excluding hydrogens is 438 g/mol. The minimum Gasteiger partial charge on any atom is -0.484 e. The standard InChI is InChI=1S/C25H22ClN5O2/c26-19-13-11-17(12-14-19)21-15-22(18-7-3-1-4-8-18)31-25(27-21)29-24(30-31)28-23(32)16-33-20-9-5-2-6-10-20/h1-14,21-22H,15-16H2,(H2,27,28,29,30,32). The van der Waals surface area contributed by atoms with Crippen LogP contribution in [0.25, 0.3) is 0 Å². The molecule has 4 aromatic rings. The number of nitrogens with zero attached hydrogens (tertiary/aromatic N) is 3. The number of anilines is 2. The van der Waals surface area contributed by atoms with Gasteiger partial charge in [0.15, 0.2) is 6.61 Å². The molecule has 1 amide bonds. The first-order chi connectivity index (χ1) is 16.2. The Labute approximate surface area is 196 Å². The number of carbonyl (C=O) groups excluding carboxylic acids is 1. The highest BCUT2D eigenvalue weighted by molar-refractivity contribution is 6.30. The quantitative estimate of drug-likeness (QED) is 0.419. The molecule has 2 unspecified atom stereocenters. The lowest BCUT2D eigenvalue weighted by Gasteiger charge is -2.31. The van der Waals surface area contributed by atoms with Crippen molar-refractivity contribution < 1.29 is 9.53 Å². The number of amides is 1. The van der Waals surface area contributed by atoms with Crippen molar-refractivity contribution in [2.45, 2.75) is 18.5 Å². The first-order valence-electron chi connectivity index (χ1n) is 10.7. The van der Waals surface area contributed by atoms with Gasteiger partial charge in [-0.3, -0.25) is 10.1 Å². The summed E-state index contributed by atoms with van der Waals surface area (Å²) in [6.45, 7) is -0.128. The second-order valence-corrected chi connectivity index (χ2v) is 8.20. The Morgan fingerprint density at radius 3 is 2.42 bits per heavy atom. The fourth-order valence-corrected chi connectivity index (χ4v) is 4.05. The van der Waals surface area contributed by atoms with Crippen molar-refractivity contribution in [2.24, 2.45) is 0 Å². The van der Waals surface area contributed by atoms with Crippen LogP contribution in [0.1, 0.15) is 29.6 Å². The first-order valence-corrected chi connectivity index (χ1v) is 11.0. The van der Waals surface area contributed by atoms with Crippen LogP contribution < -0.4 is 15.4 Å². The molecule has 0 aliphatic carbocycles. The monoisotopic (exact) mass is 459 g/mol. The number of nitrogens with one attached hydrogen (secondary N) is 2. The molecule has 2 N–H and O–H groups in total. The number of benzene rings is 3. The van der Waals surface area contributed by atoms with E-state index in [0.717, 1.165) is 17.5 Å². The Balaban J connectivity index is 1.37. The van der Waals surface area contributed by atoms with E-state index in [1.165, 1.54) is 0 Å². The van der Waals surface area contributed by atoms with Crippen molar-refractivity contribution >= 4 is 29.4 Å². The summed E-state index contributed by atoms with van der Waals surface area (Å²) in [5, 5.41) is 11.5. The topological polar surface area (TPSA) is 81.1 Å². The van der Waals surface area contributed by atoms with Gasteiger partial charge >= 0.3 is 0 Å². The molecule has 166 valence electrons. The van der Waals surface area contributed by atoms with Crippen LogP contribution in [-0.2, 0) is 4.79 Å². The Bertz CT molecular complexity index is 1230. The predicted molar refractivity (Wildman–Crippen MR) is 128 cm³/mol. The number of rotatable bonds is 6. The molecule has 0 spiro atoms. The Hall–Kier alpha value is -3.84. The SMILES string of the molecule is O=C(COc1ccccc1)Nc1nc2n(n1)C(c1ccccc1)CC(c1ccc(Cl)cc1)N2. The second-order valence-electron chi connectivity index (χ2n) is 7.76. The lowest BCUT2D eigenvalue weighted by Crippen LogP contribution is -2.28. The molecule has 1 aliphatic rings. The van der Waals surface area contributed by atoms with Gasteiger partial charge in [-0.05, 0) is 41.8 Å². The van der Waals surface area contributed by atoms with Crippen LogP contribution in [-0.4, -0.2) is 27.3 Å². The summed E-state index contributed by atoms with van der Waals surface area (Å²) in [5.74, 6) is 1.12. The molecule has 1 aromatic heterocycles. The summed E-state index contributed by atoms with van der Waals surface area (Å²) in [6.07, 6.45) is 0.770. The molecule has 1 aliphatic heterocycles. The third-order valence-electron chi connectivity index (χ3n) is 5.51. The van der Waals surface area contributed by atoms with Gasteiger partial charge in [-0.1, -0.05) is 72.3 Å². The number of para-hydroxylation sites is 1. The zero-order valence-electron chi connectivity index (χ0n) is 17.7. The minimum atomic E-state index is -0.327. The summed E-state index contributed by atoms with van der Waals surface area (Å²) in [4.78, 5) is 17.0. The number of fused-ring (bicyclic) bond motifs is 1. The van der Waals surface area contributed by atoms with Crippen molar-refractivity contribution in [2.75, 3.05) is 17.2 Å². The fourth-order valence-electron chi connectivity index (χ4n) is 3.92. The van der Waals surface area contributed by atoms with E-state index in [1.807, 2.05) is 65.3 Å². The molecule has 2 heterocycles. The van der Waals surface area contributed by atoms with Crippen LogP contribution in [0.4, 0.5) is 11.9 Å². The van der Waals surface area contributed by atoms with Crippen LogP contribution >= 0.6 is 11.6 Å². The molecule has 2 atom stereocenters. The van der Waals surface area contributed by atoms with Gasteiger partial charge in [0.2, 0.25) is 5.95 Å². The zero-order valence-corrected chi connectivity index (χ0v) is 18.4. The number of ether oxygens (including phenoxy) is 1. The van der Waals surface area contributed by atoms with Gasteiger partial charge in [-0.25, -0.2) is 4.68 Å². The molecule has 0 bridgehead atoms. The summed E-state index contributed by atoms with van der Waals surface area (Å²) in [6, 6.07) is 27.1. The highest BCUT2D eigenvalue weighted by atomic mass is 35.5. The maximum absolute atomic E-state index is 12.4. The fraction of sp³-hybridized carbons (Fsp3) is 0.160. The molecule has 0 radical (unpaired) electrons. The highest BCUT2D eigenvalue weighted by Gasteiger charge is 2.31. The van der Waals surface area contributed by atoms with E-state index in [1.54, 1.807) is 12.1 Å². The van der Waals surface area contributed by atoms with Crippen LogP contribution in [0.5, 0.6) is 5.75 Å².